The summed E-state index contributed by atoms with van der Waals surface area (Å²) in [7, 11) is 0. The molecule has 2 amide bonds. The molecule has 1 aromatic carbocycles. The molecule has 0 radical (unpaired) electrons. The molecule has 1 aliphatic heterocycles. The van der Waals surface area contributed by atoms with Crippen LogP contribution in [0.4, 0.5) is 5.13 Å². The summed E-state index contributed by atoms with van der Waals surface area (Å²) in [6.45, 7) is 5.09. The first-order valence-corrected chi connectivity index (χ1v) is 10.5. The van der Waals surface area contributed by atoms with Crippen molar-refractivity contribution in [2.45, 2.75) is 39.7 Å². The molecule has 0 aliphatic carbocycles. The summed E-state index contributed by atoms with van der Waals surface area (Å²) in [5.41, 5.74) is 4.62. The van der Waals surface area contributed by atoms with E-state index in [0.717, 1.165) is 29.1 Å². The highest BCUT2D eigenvalue weighted by Gasteiger charge is 2.24. The van der Waals surface area contributed by atoms with Gasteiger partial charge < -0.3 is 5.32 Å². The number of hydrogen-bond acceptors (Lipinski definition) is 5. The lowest BCUT2D eigenvalue weighted by molar-refractivity contribution is -0.120. The van der Waals surface area contributed by atoms with Crippen LogP contribution in [0.3, 0.4) is 0 Å². The molecule has 150 valence electrons. The molecule has 1 aliphatic rings. The third-order valence-corrected chi connectivity index (χ3v) is 6.00. The van der Waals surface area contributed by atoms with Gasteiger partial charge >= 0.3 is 0 Å². The lowest BCUT2D eigenvalue weighted by Crippen LogP contribution is -2.26. The van der Waals surface area contributed by atoms with Gasteiger partial charge in [-0.1, -0.05) is 18.2 Å². The fourth-order valence-electron chi connectivity index (χ4n) is 3.52. The van der Waals surface area contributed by atoms with Gasteiger partial charge in [0.05, 0.1) is 23.5 Å². The van der Waals surface area contributed by atoms with Crippen LogP contribution in [-0.2, 0) is 22.6 Å². The second-order valence-corrected chi connectivity index (χ2v) is 7.96. The van der Waals surface area contributed by atoms with E-state index >= 15 is 0 Å². The highest BCUT2D eigenvalue weighted by atomic mass is 32.1. The van der Waals surface area contributed by atoms with Crippen LogP contribution in [0.1, 0.15) is 35.5 Å². The Morgan fingerprint density at radius 3 is 2.76 bits per heavy atom. The van der Waals surface area contributed by atoms with Gasteiger partial charge in [-0.25, -0.2) is 9.67 Å². The molecule has 3 heterocycles. The highest BCUT2D eigenvalue weighted by molar-refractivity contribution is 7.14. The van der Waals surface area contributed by atoms with Crippen LogP contribution < -0.4 is 10.2 Å². The number of aromatic nitrogens is 3. The van der Waals surface area contributed by atoms with Crippen molar-refractivity contribution in [1.82, 2.24) is 20.1 Å². The van der Waals surface area contributed by atoms with Crippen LogP contribution in [0, 0.1) is 13.8 Å². The van der Waals surface area contributed by atoms with Crippen molar-refractivity contribution >= 4 is 28.3 Å². The molecule has 1 N–H and O–H groups in total. The normalized spacial score (nSPS) is 13.9. The number of aryl methyl sites for hydroxylation is 1. The molecular formula is C21H23N5O2S. The Morgan fingerprint density at radius 1 is 1.24 bits per heavy atom. The van der Waals surface area contributed by atoms with Crippen LogP contribution in [0.15, 0.2) is 35.7 Å². The molecule has 4 rings (SSSR count). The third kappa shape index (κ3) is 4.07. The minimum absolute atomic E-state index is 0.0964. The summed E-state index contributed by atoms with van der Waals surface area (Å²) in [5, 5.41) is 10.1. The van der Waals surface area contributed by atoms with Crippen molar-refractivity contribution < 1.29 is 9.59 Å². The first-order chi connectivity index (χ1) is 14.0. The number of nitrogens with zero attached hydrogens (tertiary/aromatic N) is 4. The molecule has 0 atom stereocenters. The van der Waals surface area contributed by atoms with Crippen LogP contribution in [0.5, 0.6) is 0 Å². The zero-order valence-corrected chi connectivity index (χ0v) is 17.3. The van der Waals surface area contributed by atoms with Gasteiger partial charge in [-0.3, -0.25) is 14.5 Å². The number of para-hydroxylation sites is 1. The van der Waals surface area contributed by atoms with Crippen LogP contribution in [0.25, 0.3) is 5.69 Å². The van der Waals surface area contributed by atoms with Crippen molar-refractivity contribution in [3.8, 4) is 5.69 Å². The molecule has 29 heavy (non-hydrogen) atoms. The minimum atomic E-state index is -0.0964. The molecule has 2 aromatic heterocycles. The number of nitrogens with one attached hydrogen (secondary N) is 1. The van der Waals surface area contributed by atoms with Gasteiger partial charge in [-0.05, 0) is 32.4 Å². The van der Waals surface area contributed by atoms with Gasteiger partial charge in [-0.2, -0.15) is 5.10 Å². The number of thiazole rings is 1. The molecule has 0 saturated carbocycles. The number of anilines is 1. The number of carbonyl (C=O) groups excluding carboxylic acids is 2. The summed E-state index contributed by atoms with van der Waals surface area (Å²) in [6, 6.07) is 9.94. The predicted octanol–water partition coefficient (Wildman–Crippen LogP) is 2.93. The largest absolute Gasteiger partial charge is 0.352 e. The van der Waals surface area contributed by atoms with Crippen LogP contribution >= 0.6 is 11.3 Å². The van der Waals surface area contributed by atoms with Crippen molar-refractivity contribution in [3.63, 3.8) is 0 Å². The standard InChI is InChI=1S/C21H23N5O2S/c1-14-18(15(2)26(24-14)17-7-4-3-5-8-17)12-22-19(27)11-16-13-29-21(23-16)25-10-6-9-20(25)28/h3-5,7-8,13H,6,9-12H2,1-2H3,(H,22,27). The SMILES string of the molecule is Cc1nn(-c2ccccc2)c(C)c1CNC(=O)Cc1csc(N2CCCC2=O)n1. The van der Waals surface area contributed by atoms with Crippen LogP contribution in [0.2, 0.25) is 0 Å². The van der Waals surface area contributed by atoms with Gasteiger partial charge in [0.1, 0.15) is 0 Å². The quantitative estimate of drug-likeness (QED) is 0.679. The molecule has 0 unspecified atom stereocenters. The molecule has 8 heteroatoms. The average Bonchev–Trinajstić information content (AvgIpc) is 3.41. The first-order valence-electron chi connectivity index (χ1n) is 9.65. The number of amides is 2. The number of benzene rings is 1. The molecule has 0 bridgehead atoms. The van der Waals surface area contributed by atoms with Crippen LogP contribution in [-0.4, -0.2) is 33.1 Å². The van der Waals surface area contributed by atoms with Gasteiger partial charge in [0.25, 0.3) is 0 Å². The Morgan fingerprint density at radius 2 is 2.03 bits per heavy atom. The van der Waals surface area contributed by atoms with Crippen molar-refractivity contribution in [2.75, 3.05) is 11.4 Å². The lowest BCUT2D eigenvalue weighted by atomic mass is 10.2. The van der Waals surface area contributed by atoms with Gasteiger partial charge in [0, 0.05) is 36.1 Å². The molecule has 7 nitrogen and oxygen atoms in total. The third-order valence-electron chi connectivity index (χ3n) is 5.09. The lowest BCUT2D eigenvalue weighted by Gasteiger charge is -2.10. The second kappa shape index (κ2) is 8.16. The van der Waals surface area contributed by atoms with E-state index in [1.807, 2.05) is 54.2 Å². The topological polar surface area (TPSA) is 80.1 Å². The van der Waals surface area contributed by atoms with Crippen molar-refractivity contribution in [2.24, 2.45) is 0 Å². The maximum Gasteiger partial charge on any atom is 0.228 e. The monoisotopic (exact) mass is 409 g/mol. The van der Waals surface area contributed by atoms with E-state index in [4.69, 9.17) is 0 Å². The van der Waals surface area contributed by atoms with Gasteiger partial charge in [0.15, 0.2) is 5.13 Å². The Hall–Kier alpha value is -3.00. The van der Waals surface area contributed by atoms with Crippen molar-refractivity contribution in [1.29, 1.82) is 0 Å². The van der Waals surface area contributed by atoms with E-state index in [0.29, 0.717) is 30.3 Å². The van der Waals surface area contributed by atoms with E-state index in [1.54, 1.807) is 4.90 Å². The van der Waals surface area contributed by atoms with E-state index in [-0.39, 0.29) is 18.2 Å². The molecular weight excluding hydrogens is 386 g/mol. The molecule has 1 fully saturated rings. The number of carbonyl (C=O) groups is 2. The maximum absolute atomic E-state index is 12.4. The summed E-state index contributed by atoms with van der Waals surface area (Å²) < 4.78 is 1.90. The van der Waals surface area contributed by atoms with Gasteiger partial charge in [-0.15, -0.1) is 11.3 Å². The second-order valence-electron chi connectivity index (χ2n) is 7.12. The zero-order chi connectivity index (χ0) is 20.4. The maximum atomic E-state index is 12.4. The Kier molecular flexibility index (Phi) is 5.44. The number of hydrogen-bond donors (Lipinski definition) is 1. The minimum Gasteiger partial charge on any atom is -0.352 e. The predicted molar refractivity (Wildman–Crippen MR) is 112 cm³/mol. The van der Waals surface area contributed by atoms with Crippen molar-refractivity contribution in [3.05, 3.63) is 58.4 Å². The highest BCUT2D eigenvalue weighted by Crippen LogP contribution is 2.25. The van der Waals surface area contributed by atoms with E-state index < -0.39 is 0 Å². The fourth-order valence-corrected chi connectivity index (χ4v) is 4.38. The Bertz CT molecular complexity index is 1040. The molecule has 3 aromatic rings. The summed E-state index contributed by atoms with van der Waals surface area (Å²) in [4.78, 5) is 30.4. The molecule has 0 spiro atoms. The molecule has 1 saturated heterocycles. The van der Waals surface area contributed by atoms with E-state index in [2.05, 4.69) is 15.4 Å². The zero-order valence-electron chi connectivity index (χ0n) is 16.5. The Balaban J connectivity index is 1.39. The first kappa shape index (κ1) is 19.3. The number of rotatable bonds is 6. The van der Waals surface area contributed by atoms with E-state index in [1.165, 1.54) is 11.3 Å². The summed E-state index contributed by atoms with van der Waals surface area (Å²) >= 11 is 1.41. The summed E-state index contributed by atoms with van der Waals surface area (Å²) in [6.07, 6.45) is 1.64. The van der Waals surface area contributed by atoms with E-state index in [9.17, 15) is 9.59 Å². The van der Waals surface area contributed by atoms with Gasteiger partial charge in [0.2, 0.25) is 11.8 Å². The fraction of sp³-hybridized carbons (Fsp3) is 0.333. The summed E-state index contributed by atoms with van der Waals surface area (Å²) in [5.74, 6) is 0.0117. The smallest absolute Gasteiger partial charge is 0.228 e. The Labute approximate surface area is 173 Å². The average molecular weight is 410 g/mol.